The Hall–Kier alpha value is -0.820. The number of benzene rings is 1. The first-order chi connectivity index (χ1) is 9.90. The Kier molecular flexibility index (Phi) is 7.14. The first-order valence-electron chi connectivity index (χ1n) is 8.71. The Morgan fingerprint density at radius 3 is 2.35 bits per heavy atom. The van der Waals surface area contributed by atoms with Crippen molar-refractivity contribution < 1.29 is 0 Å². The third kappa shape index (κ3) is 5.28. The highest BCUT2D eigenvalue weighted by atomic mass is 14.9. The van der Waals surface area contributed by atoms with Gasteiger partial charge in [0.25, 0.3) is 0 Å². The van der Waals surface area contributed by atoms with Gasteiger partial charge in [-0.3, -0.25) is 0 Å². The van der Waals surface area contributed by atoms with Crippen LogP contribution in [0.2, 0.25) is 0 Å². The molecule has 0 radical (unpaired) electrons. The van der Waals surface area contributed by atoms with Crippen molar-refractivity contribution in [3.8, 4) is 0 Å². The predicted molar refractivity (Wildman–Crippen MR) is 88.0 cm³/mol. The lowest BCUT2D eigenvalue weighted by molar-refractivity contribution is 0.376. The number of rotatable bonds is 7. The van der Waals surface area contributed by atoms with E-state index in [1.54, 1.807) is 0 Å². The van der Waals surface area contributed by atoms with Crippen LogP contribution >= 0.6 is 0 Å². The topological polar surface area (TPSA) is 12.0 Å². The van der Waals surface area contributed by atoms with Crippen LogP contribution in [-0.4, -0.2) is 6.04 Å². The Bertz CT molecular complexity index is 338. The van der Waals surface area contributed by atoms with Crippen molar-refractivity contribution in [1.82, 2.24) is 5.32 Å². The molecule has 0 saturated heterocycles. The van der Waals surface area contributed by atoms with Crippen molar-refractivity contribution in [3.05, 3.63) is 35.9 Å². The van der Waals surface area contributed by atoms with E-state index in [2.05, 4.69) is 42.6 Å². The molecule has 1 aliphatic rings. The maximum Gasteiger partial charge on any atom is 0.0322 e. The predicted octanol–water partition coefficient (Wildman–Crippen LogP) is 5.62. The quantitative estimate of drug-likeness (QED) is 0.502. The summed E-state index contributed by atoms with van der Waals surface area (Å²) >= 11 is 0. The summed E-state index contributed by atoms with van der Waals surface area (Å²) < 4.78 is 0. The average molecular weight is 273 g/mol. The van der Waals surface area contributed by atoms with Gasteiger partial charge in [0.2, 0.25) is 0 Å². The Morgan fingerprint density at radius 1 is 1.00 bits per heavy atom. The van der Waals surface area contributed by atoms with E-state index in [1.807, 2.05) is 0 Å². The first kappa shape index (κ1) is 15.6. The number of hydrogen-bond donors (Lipinski definition) is 1. The molecule has 1 saturated carbocycles. The highest BCUT2D eigenvalue weighted by molar-refractivity contribution is 5.19. The zero-order chi connectivity index (χ0) is 14.0. The lowest BCUT2D eigenvalue weighted by Crippen LogP contribution is -2.32. The van der Waals surface area contributed by atoms with Crippen LogP contribution in [0.15, 0.2) is 30.3 Å². The van der Waals surface area contributed by atoms with Crippen molar-refractivity contribution in [2.75, 3.05) is 0 Å². The third-order valence-corrected chi connectivity index (χ3v) is 4.59. The second-order valence-corrected chi connectivity index (χ2v) is 6.31. The molecule has 1 N–H and O–H groups in total. The fourth-order valence-corrected chi connectivity index (χ4v) is 3.36. The van der Waals surface area contributed by atoms with Crippen LogP contribution in [0.1, 0.15) is 82.7 Å². The molecule has 1 aliphatic carbocycles. The summed E-state index contributed by atoms with van der Waals surface area (Å²) in [6, 6.07) is 12.4. The van der Waals surface area contributed by atoms with Crippen molar-refractivity contribution in [2.45, 2.75) is 83.2 Å². The van der Waals surface area contributed by atoms with Crippen LogP contribution in [0.3, 0.4) is 0 Å². The molecule has 112 valence electrons. The smallest absolute Gasteiger partial charge is 0.0322 e. The summed E-state index contributed by atoms with van der Waals surface area (Å²) in [5.41, 5.74) is 1.48. The Labute approximate surface area is 125 Å². The lowest BCUT2D eigenvalue weighted by atomic mass is 9.98. The van der Waals surface area contributed by atoms with E-state index in [4.69, 9.17) is 0 Å². The summed E-state index contributed by atoms with van der Waals surface area (Å²) in [6.07, 6.45) is 13.7. The van der Waals surface area contributed by atoms with Gasteiger partial charge in [-0.25, -0.2) is 0 Å². The van der Waals surface area contributed by atoms with E-state index in [0.717, 1.165) is 6.04 Å². The minimum absolute atomic E-state index is 0.561. The van der Waals surface area contributed by atoms with E-state index < -0.39 is 0 Å². The molecular formula is C19H31N. The van der Waals surface area contributed by atoms with Gasteiger partial charge in [0.1, 0.15) is 0 Å². The summed E-state index contributed by atoms with van der Waals surface area (Å²) in [4.78, 5) is 0. The van der Waals surface area contributed by atoms with E-state index in [-0.39, 0.29) is 0 Å². The molecule has 0 spiro atoms. The number of unbranched alkanes of at least 4 members (excludes halogenated alkanes) is 2. The van der Waals surface area contributed by atoms with Gasteiger partial charge >= 0.3 is 0 Å². The SMILES string of the molecule is CCCCCC(NC1CCCCCC1)c1ccccc1. The van der Waals surface area contributed by atoms with E-state index in [9.17, 15) is 0 Å². The van der Waals surface area contributed by atoms with Crippen molar-refractivity contribution in [3.63, 3.8) is 0 Å². The fraction of sp³-hybridized carbons (Fsp3) is 0.684. The molecule has 0 aromatic heterocycles. The molecule has 2 rings (SSSR count). The summed E-state index contributed by atoms with van der Waals surface area (Å²) in [5, 5.41) is 3.97. The number of nitrogens with one attached hydrogen (secondary N) is 1. The van der Waals surface area contributed by atoms with Crippen molar-refractivity contribution in [2.24, 2.45) is 0 Å². The molecule has 0 aliphatic heterocycles. The van der Waals surface area contributed by atoms with Gasteiger partial charge in [-0.2, -0.15) is 0 Å². The fourth-order valence-electron chi connectivity index (χ4n) is 3.36. The van der Waals surface area contributed by atoms with E-state index >= 15 is 0 Å². The zero-order valence-electron chi connectivity index (χ0n) is 13.1. The summed E-state index contributed by atoms with van der Waals surface area (Å²) in [6.45, 7) is 2.29. The number of hydrogen-bond acceptors (Lipinski definition) is 1. The standard InChI is InChI=1S/C19H31N/c1-2-3-7-16-19(17-12-8-6-9-13-17)20-18-14-10-4-5-11-15-18/h6,8-9,12-13,18-20H,2-5,7,10-11,14-16H2,1H3. The van der Waals surface area contributed by atoms with Crippen molar-refractivity contribution >= 4 is 0 Å². The van der Waals surface area contributed by atoms with Gasteiger partial charge in [0.15, 0.2) is 0 Å². The van der Waals surface area contributed by atoms with Crippen LogP contribution in [0.4, 0.5) is 0 Å². The van der Waals surface area contributed by atoms with Crippen LogP contribution in [-0.2, 0) is 0 Å². The molecule has 0 heterocycles. The molecule has 0 bridgehead atoms. The van der Waals surface area contributed by atoms with E-state index in [0.29, 0.717) is 6.04 Å². The first-order valence-corrected chi connectivity index (χ1v) is 8.71. The van der Waals surface area contributed by atoms with Crippen molar-refractivity contribution in [1.29, 1.82) is 0 Å². The molecule has 0 amide bonds. The van der Waals surface area contributed by atoms with Gasteiger partial charge < -0.3 is 5.32 Å². The van der Waals surface area contributed by atoms with Gasteiger partial charge in [0, 0.05) is 12.1 Å². The van der Waals surface area contributed by atoms with Crippen LogP contribution in [0.5, 0.6) is 0 Å². The summed E-state index contributed by atoms with van der Waals surface area (Å²) in [7, 11) is 0. The van der Waals surface area contributed by atoms with Crippen LogP contribution in [0.25, 0.3) is 0 Å². The molecule has 1 nitrogen and oxygen atoms in total. The highest BCUT2D eigenvalue weighted by Crippen LogP contribution is 2.24. The molecule has 1 unspecified atom stereocenters. The maximum absolute atomic E-state index is 3.97. The molecule has 1 aromatic carbocycles. The third-order valence-electron chi connectivity index (χ3n) is 4.59. The highest BCUT2D eigenvalue weighted by Gasteiger charge is 2.17. The molecule has 1 atom stereocenters. The zero-order valence-corrected chi connectivity index (χ0v) is 13.1. The lowest BCUT2D eigenvalue weighted by Gasteiger charge is -2.25. The Morgan fingerprint density at radius 2 is 1.70 bits per heavy atom. The van der Waals surface area contributed by atoms with Crippen LogP contribution in [0, 0.1) is 0 Å². The molecule has 1 heteroatoms. The molecule has 1 aromatic rings. The second-order valence-electron chi connectivity index (χ2n) is 6.31. The second kappa shape index (κ2) is 9.18. The molecule has 1 fully saturated rings. The van der Waals surface area contributed by atoms with Gasteiger partial charge in [-0.1, -0.05) is 82.2 Å². The van der Waals surface area contributed by atoms with E-state index in [1.165, 1.54) is 69.8 Å². The Balaban J connectivity index is 1.94. The van der Waals surface area contributed by atoms with Gasteiger partial charge in [0.05, 0.1) is 0 Å². The van der Waals surface area contributed by atoms with Crippen LogP contribution < -0.4 is 5.32 Å². The summed E-state index contributed by atoms with van der Waals surface area (Å²) in [5.74, 6) is 0. The van der Waals surface area contributed by atoms with Gasteiger partial charge in [-0.15, -0.1) is 0 Å². The molecule has 20 heavy (non-hydrogen) atoms. The monoisotopic (exact) mass is 273 g/mol. The average Bonchev–Trinajstić information content (AvgIpc) is 2.76. The largest absolute Gasteiger partial charge is 0.307 e. The minimum Gasteiger partial charge on any atom is -0.307 e. The van der Waals surface area contributed by atoms with Gasteiger partial charge in [-0.05, 0) is 24.8 Å². The molecular weight excluding hydrogens is 242 g/mol. The maximum atomic E-state index is 3.97. The minimum atomic E-state index is 0.561. The normalized spacial score (nSPS) is 18.6.